The van der Waals surface area contributed by atoms with Crippen molar-refractivity contribution >= 4 is 39.1 Å². The number of benzene rings is 3. The Labute approximate surface area is 241 Å². The van der Waals surface area contributed by atoms with Crippen molar-refractivity contribution in [2.24, 2.45) is 0 Å². The van der Waals surface area contributed by atoms with Crippen LogP contribution in [0.5, 0.6) is 5.75 Å². The normalized spacial score (nSPS) is 12.7. The van der Waals surface area contributed by atoms with Gasteiger partial charge in [-0.1, -0.05) is 55.8 Å². The van der Waals surface area contributed by atoms with Crippen LogP contribution in [0.1, 0.15) is 39.2 Å². The SMILES string of the molecule is CCC(C)NC(=O)C(CC)N(Cc1ccc(OC)cc1)C(=O)CN(c1ccc(Cl)cc1)S(=O)(=O)c1ccccc1. The summed E-state index contributed by atoms with van der Waals surface area (Å²) in [7, 11) is -2.56. The van der Waals surface area contributed by atoms with Crippen molar-refractivity contribution in [1.82, 2.24) is 10.2 Å². The third-order valence-corrected chi connectivity index (χ3v) is 8.66. The number of sulfonamides is 1. The highest BCUT2D eigenvalue weighted by molar-refractivity contribution is 7.92. The van der Waals surface area contributed by atoms with Gasteiger partial charge >= 0.3 is 0 Å². The molecule has 0 aliphatic rings. The van der Waals surface area contributed by atoms with E-state index in [-0.39, 0.29) is 29.1 Å². The van der Waals surface area contributed by atoms with Gasteiger partial charge in [-0.15, -0.1) is 0 Å². The first-order valence-corrected chi connectivity index (χ1v) is 15.0. The molecule has 0 saturated heterocycles. The Bertz CT molecular complexity index is 1370. The molecule has 8 nitrogen and oxygen atoms in total. The highest BCUT2D eigenvalue weighted by Crippen LogP contribution is 2.26. The fraction of sp³-hybridized carbons (Fsp3) is 0.333. The number of ether oxygens (including phenoxy) is 1. The molecule has 3 aromatic rings. The zero-order valence-electron chi connectivity index (χ0n) is 23.2. The highest BCUT2D eigenvalue weighted by Gasteiger charge is 2.34. The second kappa shape index (κ2) is 14.2. The van der Waals surface area contributed by atoms with E-state index in [1.165, 1.54) is 17.0 Å². The Morgan fingerprint density at radius 3 is 2.10 bits per heavy atom. The lowest BCUT2D eigenvalue weighted by Gasteiger charge is -2.33. The predicted molar refractivity (Wildman–Crippen MR) is 158 cm³/mol. The largest absolute Gasteiger partial charge is 0.497 e. The number of carbonyl (C=O) groups excluding carboxylic acids is 2. The molecular formula is C30H36ClN3O5S. The summed E-state index contributed by atoms with van der Waals surface area (Å²) in [6, 6.07) is 20.5. The summed E-state index contributed by atoms with van der Waals surface area (Å²) < 4.78 is 33.9. The maximum absolute atomic E-state index is 14.0. The second-order valence-electron chi connectivity index (χ2n) is 9.41. The zero-order chi connectivity index (χ0) is 29.3. The van der Waals surface area contributed by atoms with Crippen LogP contribution in [-0.2, 0) is 26.2 Å². The van der Waals surface area contributed by atoms with Crippen molar-refractivity contribution in [3.05, 3.63) is 89.4 Å². The minimum atomic E-state index is -4.13. The summed E-state index contributed by atoms with van der Waals surface area (Å²) in [5.41, 5.74) is 1.05. The van der Waals surface area contributed by atoms with Gasteiger partial charge in [0.1, 0.15) is 18.3 Å². The maximum Gasteiger partial charge on any atom is 0.264 e. The molecule has 3 rings (SSSR count). The highest BCUT2D eigenvalue weighted by atomic mass is 35.5. The van der Waals surface area contributed by atoms with Gasteiger partial charge in [0.15, 0.2) is 0 Å². The summed E-state index contributed by atoms with van der Waals surface area (Å²) >= 11 is 6.07. The molecule has 214 valence electrons. The van der Waals surface area contributed by atoms with Crippen LogP contribution in [0.2, 0.25) is 5.02 Å². The van der Waals surface area contributed by atoms with Gasteiger partial charge in [0, 0.05) is 17.6 Å². The van der Waals surface area contributed by atoms with Gasteiger partial charge in [-0.3, -0.25) is 13.9 Å². The monoisotopic (exact) mass is 585 g/mol. The van der Waals surface area contributed by atoms with E-state index in [0.29, 0.717) is 17.2 Å². The minimum Gasteiger partial charge on any atom is -0.497 e. The molecule has 0 fully saturated rings. The van der Waals surface area contributed by atoms with E-state index in [1.54, 1.807) is 61.7 Å². The van der Waals surface area contributed by atoms with Gasteiger partial charge in [-0.2, -0.15) is 0 Å². The topological polar surface area (TPSA) is 96.0 Å². The molecule has 0 heterocycles. The zero-order valence-corrected chi connectivity index (χ0v) is 24.8. The van der Waals surface area contributed by atoms with E-state index in [4.69, 9.17) is 16.3 Å². The number of rotatable bonds is 13. The average molecular weight is 586 g/mol. The molecule has 0 spiro atoms. The van der Waals surface area contributed by atoms with Crippen molar-refractivity contribution in [1.29, 1.82) is 0 Å². The van der Waals surface area contributed by atoms with Crippen LogP contribution < -0.4 is 14.4 Å². The lowest BCUT2D eigenvalue weighted by Crippen LogP contribution is -2.53. The van der Waals surface area contributed by atoms with Crippen LogP contribution in [0, 0.1) is 0 Å². The van der Waals surface area contributed by atoms with E-state index >= 15 is 0 Å². The molecular weight excluding hydrogens is 550 g/mol. The number of nitrogens with one attached hydrogen (secondary N) is 1. The van der Waals surface area contributed by atoms with Crippen LogP contribution >= 0.6 is 11.6 Å². The van der Waals surface area contributed by atoms with Gasteiger partial charge in [-0.05, 0) is 73.9 Å². The number of carbonyl (C=O) groups is 2. The van der Waals surface area contributed by atoms with Crippen molar-refractivity contribution in [3.63, 3.8) is 0 Å². The molecule has 40 heavy (non-hydrogen) atoms. The first kappa shape index (κ1) is 31.0. The summed E-state index contributed by atoms with van der Waals surface area (Å²) in [4.78, 5) is 28.9. The lowest BCUT2D eigenvalue weighted by atomic mass is 10.1. The number of halogens is 1. The Morgan fingerprint density at radius 2 is 1.55 bits per heavy atom. The third-order valence-electron chi connectivity index (χ3n) is 6.62. The molecule has 0 bridgehead atoms. The van der Waals surface area contributed by atoms with Crippen molar-refractivity contribution in [3.8, 4) is 5.75 Å². The van der Waals surface area contributed by atoms with Gasteiger partial charge in [-0.25, -0.2) is 8.42 Å². The van der Waals surface area contributed by atoms with Gasteiger partial charge < -0.3 is 15.0 Å². The number of nitrogens with zero attached hydrogens (tertiary/aromatic N) is 2. The molecule has 0 aliphatic carbocycles. The molecule has 0 saturated carbocycles. The molecule has 2 unspecified atom stereocenters. The number of hydrogen-bond donors (Lipinski definition) is 1. The minimum absolute atomic E-state index is 0.0426. The standard InChI is InChI=1S/C30H36ClN3O5S/c1-5-22(3)32-30(36)28(6-2)33(20-23-12-18-26(39-4)19-13-23)29(35)21-34(25-16-14-24(31)15-17-25)40(37,38)27-10-8-7-9-11-27/h7-19,22,28H,5-6,20-21H2,1-4H3,(H,32,36). The van der Waals surface area contributed by atoms with Gasteiger partial charge in [0.25, 0.3) is 10.0 Å². The Kier molecular flexibility index (Phi) is 11.0. The smallest absolute Gasteiger partial charge is 0.264 e. The lowest BCUT2D eigenvalue weighted by molar-refractivity contribution is -0.140. The maximum atomic E-state index is 14.0. The van der Waals surface area contributed by atoms with Crippen LogP contribution in [0.25, 0.3) is 0 Å². The molecule has 0 radical (unpaired) electrons. The van der Waals surface area contributed by atoms with E-state index in [2.05, 4.69) is 5.32 Å². The Hall–Kier alpha value is -3.56. The molecule has 0 aromatic heterocycles. The summed E-state index contributed by atoms with van der Waals surface area (Å²) in [5, 5.41) is 3.40. The second-order valence-corrected chi connectivity index (χ2v) is 11.7. The van der Waals surface area contributed by atoms with Gasteiger partial charge in [0.05, 0.1) is 17.7 Å². The number of amides is 2. The summed E-state index contributed by atoms with van der Waals surface area (Å²) in [5.74, 6) is -0.148. The quantitative estimate of drug-likeness (QED) is 0.295. The summed E-state index contributed by atoms with van der Waals surface area (Å²) in [6.07, 6.45) is 1.07. The molecule has 0 aliphatic heterocycles. The van der Waals surface area contributed by atoms with Crippen molar-refractivity contribution in [2.75, 3.05) is 18.0 Å². The Morgan fingerprint density at radius 1 is 0.925 bits per heavy atom. The Balaban J connectivity index is 2.03. The van der Waals surface area contributed by atoms with Crippen LogP contribution in [0.4, 0.5) is 5.69 Å². The molecule has 3 aromatic carbocycles. The fourth-order valence-electron chi connectivity index (χ4n) is 4.14. The average Bonchev–Trinajstić information content (AvgIpc) is 2.96. The predicted octanol–water partition coefficient (Wildman–Crippen LogP) is 5.27. The van der Waals surface area contributed by atoms with Crippen LogP contribution in [-0.4, -0.2) is 50.9 Å². The van der Waals surface area contributed by atoms with Crippen LogP contribution in [0.15, 0.2) is 83.8 Å². The van der Waals surface area contributed by atoms with E-state index < -0.39 is 28.5 Å². The first-order valence-electron chi connectivity index (χ1n) is 13.2. The van der Waals surface area contributed by atoms with E-state index in [0.717, 1.165) is 16.3 Å². The molecule has 2 amide bonds. The molecule has 10 heteroatoms. The number of methoxy groups -OCH3 is 1. The molecule has 2 atom stereocenters. The fourth-order valence-corrected chi connectivity index (χ4v) is 5.71. The van der Waals surface area contributed by atoms with Crippen molar-refractivity contribution < 1.29 is 22.7 Å². The number of anilines is 1. The number of hydrogen-bond acceptors (Lipinski definition) is 5. The van der Waals surface area contributed by atoms with Gasteiger partial charge in [0.2, 0.25) is 11.8 Å². The van der Waals surface area contributed by atoms with E-state index in [9.17, 15) is 18.0 Å². The molecule has 1 N–H and O–H groups in total. The van der Waals surface area contributed by atoms with E-state index in [1.807, 2.05) is 32.9 Å². The summed E-state index contributed by atoms with van der Waals surface area (Å²) in [6.45, 7) is 5.28. The first-order chi connectivity index (χ1) is 19.1. The van der Waals surface area contributed by atoms with Crippen molar-refractivity contribution in [2.45, 2.75) is 57.1 Å². The third kappa shape index (κ3) is 7.76. The van der Waals surface area contributed by atoms with Crippen LogP contribution in [0.3, 0.4) is 0 Å².